The van der Waals surface area contributed by atoms with Crippen LogP contribution in [0, 0.1) is 5.92 Å². The van der Waals surface area contributed by atoms with Gasteiger partial charge in [0.2, 0.25) is 12.3 Å². The second kappa shape index (κ2) is 13.5. The molecule has 1 saturated carbocycles. The molecule has 1 aliphatic carbocycles. The zero-order valence-electron chi connectivity index (χ0n) is 24.8. The van der Waals surface area contributed by atoms with Crippen LogP contribution in [0.3, 0.4) is 0 Å². The topological polar surface area (TPSA) is 113 Å². The number of carbonyl (C=O) groups excluding carboxylic acids is 2. The number of nitrogens with zero attached hydrogens (tertiary/aromatic N) is 5. The molecule has 42 heavy (non-hydrogen) atoms. The van der Waals surface area contributed by atoms with Gasteiger partial charge in [-0.15, -0.1) is 0 Å². The van der Waals surface area contributed by atoms with Crippen molar-refractivity contribution in [1.82, 2.24) is 24.8 Å². The van der Waals surface area contributed by atoms with E-state index in [4.69, 9.17) is 9.72 Å². The van der Waals surface area contributed by atoms with E-state index < -0.39 is 0 Å². The fourth-order valence-electron chi connectivity index (χ4n) is 6.17. The lowest BCUT2D eigenvalue weighted by atomic mass is 9.88. The molecule has 0 spiro atoms. The van der Waals surface area contributed by atoms with Crippen LogP contribution in [0.15, 0.2) is 42.6 Å². The van der Waals surface area contributed by atoms with E-state index in [2.05, 4.69) is 57.0 Å². The fraction of sp³-hybridized carbons (Fsp3) is 0.500. The predicted octanol–water partition coefficient (Wildman–Crippen LogP) is 4.07. The lowest BCUT2D eigenvalue weighted by Crippen LogP contribution is -2.28. The molecule has 1 aliphatic heterocycles. The number of imidazole rings is 1. The third-order valence-corrected chi connectivity index (χ3v) is 8.61. The number of fused-ring (bicyclic) bond motifs is 1. The third-order valence-electron chi connectivity index (χ3n) is 8.61. The summed E-state index contributed by atoms with van der Waals surface area (Å²) in [5, 5.41) is 12.6. The van der Waals surface area contributed by atoms with Crippen molar-refractivity contribution in [2.75, 3.05) is 25.1 Å². The highest BCUT2D eigenvalue weighted by atomic mass is 16.5. The number of carbonyl (C=O) groups is 2. The first-order valence-corrected chi connectivity index (χ1v) is 15.0. The summed E-state index contributed by atoms with van der Waals surface area (Å²) in [7, 11) is 1.89. The molecular weight excluding hydrogens is 532 g/mol. The number of aliphatic hydroxyl groups excluding tert-OH is 1. The molecule has 1 aromatic carbocycles. The number of nitrogens with one attached hydrogen (secondary N) is 1. The Labute approximate surface area is 247 Å². The second-order valence-corrected chi connectivity index (χ2v) is 11.4. The number of benzene rings is 1. The Balaban J connectivity index is 1.27. The molecule has 2 aromatic heterocycles. The van der Waals surface area contributed by atoms with E-state index in [0.29, 0.717) is 44.6 Å². The summed E-state index contributed by atoms with van der Waals surface area (Å²) in [6.45, 7) is 6.83. The molecule has 1 fully saturated rings. The standard InChI is InChI=1S/C32H42N6O4/c1-4-38-30(36(3)16-15-29(41)34-21-40)17-33-32(38)26-14-11-24-19-37(27(20-39)31(24)35-26)18-23-9-12-25(13-10-23)42-28-8-6-5-7-22(28)2/h9-14,17,21-22,27-28,39H,4-8,15-16,18-20H2,1-3H3,(H,34,40,41). The minimum absolute atomic E-state index is 0.0245. The van der Waals surface area contributed by atoms with Crippen molar-refractivity contribution >= 4 is 18.1 Å². The van der Waals surface area contributed by atoms with Gasteiger partial charge < -0.3 is 19.3 Å². The fourth-order valence-corrected chi connectivity index (χ4v) is 6.17. The lowest BCUT2D eigenvalue weighted by molar-refractivity contribution is -0.125. The van der Waals surface area contributed by atoms with Gasteiger partial charge in [-0.05, 0) is 61.4 Å². The molecular formula is C32H42N6O4. The van der Waals surface area contributed by atoms with Gasteiger partial charge in [0.15, 0.2) is 5.82 Å². The number of aromatic nitrogens is 3. The molecule has 3 heterocycles. The molecule has 5 rings (SSSR count). The van der Waals surface area contributed by atoms with Gasteiger partial charge in [0.1, 0.15) is 23.4 Å². The van der Waals surface area contributed by atoms with Crippen LogP contribution >= 0.6 is 0 Å². The van der Waals surface area contributed by atoms with Crippen LogP contribution in [0.2, 0.25) is 0 Å². The maximum absolute atomic E-state index is 11.7. The van der Waals surface area contributed by atoms with E-state index >= 15 is 0 Å². The molecule has 0 saturated heterocycles. The average Bonchev–Trinajstić information content (AvgIpc) is 3.58. The molecule has 3 aromatic rings. The summed E-state index contributed by atoms with van der Waals surface area (Å²) in [5.41, 5.74) is 3.90. The van der Waals surface area contributed by atoms with Crippen LogP contribution < -0.4 is 15.0 Å². The number of pyridine rings is 1. The normalized spacial score (nSPS) is 20.2. The van der Waals surface area contributed by atoms with E-state index in [1.54, 1.807) is 6.20 Å². The first kappa shape index (κ1) is 29.7. The van der Waals surface area contributed by atoms with Crippen molar-refractivity contribution in [3.63, 3.8) is 0 Å². The lowest BCUT2D eigenvalue weighted by Gasteiger charge is -2.29. The van der Waals surface area contributed by atoms with Gasteiger partial charge in [-0.3, -0.25) is 19.8 Å². The van der Waals surface area contributed by atoms with Gasteiger partial charge >= 0.3 is 0 Å². The van der Waals surface area contributed by atoms with Gasteiger partial charge in [0.05, 0.1) is 24.5 Å². The first-order chi connectivity index (χ1) is 20.4. The summed E-state index contributed by atoms with van der Waals surface area (Å²) in [6, 6.07) is 12.3. The van der Waals surface area contributed by atoms with Crippen molar-refractivity contribution in [1.29, 1.82) is 0 Å². The van der Waals surface area contributed by atoms with Crippen molar-refractivity contribution < 1.29 is 19.4 Å². The van der Waals surface area contributed by atoms with Gasteiger partial charge in [0, 0.05) is 39.6 Å². The highest BCUT2D eigenvalue weighted by molar-refractivity contribution is 5.86. The maximum Gasteiger partial charge on any atom is 0.228 e. The van der Waals surface area contributed by atoms with E-state index in [0.717, 1.165) is 40.8 Å². The summed E-state index contributed by atoms with van der Waals surface area (Å²) in [5.74, 6) is 2.79. The molecule has 2 amide bonds. The molecule has 0 radical (unpaired) electrons. The highest BCUT2D eigenvalue weighted by Crippen LogP contribution is 2.36. The molecule has 2 N–H and O–H groups in total. The number of hydrogen-bond donors (Lipinski definition) is 2. The molecule has 2 aliphatic rings. The predicted molar refractivity (Wildman–Crippen MR) is 161 cm³/mol. The van der Waals surface area contributed by atoms with E-state index in [-0.39, 0.29) is 25.0 Å². The quantitative estimate of drug-likeness (QED) is 0.312. The molecule has 10 heteroatoms. The smallest absolute Gasteiger partial charge is 0.228 e. The number of ether oxygens (including phenoxy) is 1. The van der Waals surface area contributed by atoms with Crippen LogP contribution in [-0.2, 0) is 29.2 Å². The van der Waals surface area contributed by atoms with Crippen LogP contribution in [0.1, 0.15) is 68.8 Å². The van der Waals surface area contributed by atoms with Crippen LogP contribution in [-0.4, -0.2) is 63.2 Å². The first-order valence-electron chi connectivity index (χ1n) is 15.0. The Kier molecular flexibility index (Phi) is 9.54. The van der Waals surface area contributed by atoms with Gasteiger partial charge in [-0.25, -0.2) is 9.97 Å². The third kappa shape index (κ3) is 6.50. The number of imide groups is 1. The Morgan fingerprint density at radius 2 is 1.98 bits per heavy atom. The largest absolute Gasteiger partial charge is 0.490 e. The number of anilines is 1. The average molecular weight is 575 g/mol. The Hall–Kier alpha value is -3.76. The summed E-state index contributed by atoms with van der Waals surface area (Å²) >= 11 is 0. The SMILES string of the molecule is CCn1c(N(C)CCC(=O)NC=O)cnc1-c1ccc2c(n1)C(CO)N(Cc1ccc(OC3CCCCC3C)cc1)C2. The van der Waals surface area contributed by atoms with Crippen LogP contribution in [0.4, 0.5) is 5.82 Å². The zero-order chi connectivity index (χ0) is 29.6. The Bertz CT molecular complexity index is 1370. The van der Waals surface area contributed by atoms with Crippen molar-refractivity contribution in [2.45, 2.75) is 77.7 Å². The number of aliphatic hydroxyl groups is 1. The van der Waals surface area contributed by atoms with Gasteiger partial charge in [-0.1, -0.05) is 31.5 Å². The van der Waals surface area contributed by atoms with E-state index in [1.807, 2.05) is 24.9 Å². The highest BCUT2D eigenvalue weighted by Gasteiger charge is 2.32. The minimum Gasteiger partial charge on any atom is -0.490 e. The summed E-state index contributed by atoms with van der Waals surface area (Å²) < 4.78 is 8.37. The summed E-state index contributed by atoms with van der Waals surface area (Å²) in [6.07, 6.45) is 7.57. The van der Waals surface area contributed by atoms with Crippen molar-refractivity contribution in [2.24, 2.45) is 5.92 Å². The monoisotopic (exact) mass is 574 g/mol. The summed E-state index contributed by atoms with van der Waals surface area (Å²) in [4.78, 5) is 36.1. The minimum atomic E-state index is -0.321. The van der Waals surface area contributed by atoms with Crippen molar-refractivity contribution in [3.05, 3.63) is 59.4 Å². The van der Waals surface area contributed by atoms with Gasteiger partial charge in [0.25, 0.3) is 0 Å². The maximum atomic E-state index is 11.7. The second-order valence-electron chi connectivity index (χ2n) is 11.4. The van der Waals surface area contributed by atoms with Gasteiger partial charge in [-0.2, -0.15) is 0 Å². The molecule has 10 nitrogen and oxygen atoms in total. The Morgan fingerprint density at radius 3 is 2.69 bits per heavy atom. The molecule has 3 atom stereocenters. The molecule has 3 unspecified atom stereocenters. The number of rotatable bonds is 12. The molecule has 0 bridgehead atoms. The number of hydrogen-bond acceptors (Lipinski definition) is 8. The van der Waals surface area contributed by atoms with Crippen LogP contribution in [0.25, 0.3) is 11.5 Å². The van der Waals surface area contributed by atoms with E-state index in [9.17, 15) is 14.7 Å². The van der Waals surface area contributed by atoms with Crippen molar-refractivity contribution in [3.8, 4) is 17.3 Å². The Morgan fingerprint density at radius 1 is 1.19 bits per heavy atom. The van der Waals surface area contributed by atoms with E-state index in [1.165, 1.54) is 24.8 Å². The zero-order valence-corrected chi connectivity index (χ0v) is 24.8. The molecule has 224 valence electrons. The van der Waals surface area contributed by atoms with Crippen LogP contribution in [0.5, 0.6) is 5.75 Å². The number of amides is 2.